The van der Waals surface area contributed by atoms with E-state index < -0.39 is 0 Å². The molecule has 0 spiro atoms. The SMILES string of the molecule is CCCCCCCCCC1N(C)C=CN1CCCCCCCCC. The van der Waals surface area contributed by atoms with Crippen LogP contribution in [0.2, 0.25) is 0 Å². The van der Waals surface area contributed by atoms with Gasteiger partial charge in [0.1, 0.15) is 6.17 Å². The van der Waals surface area contributed by atoms with Crippen LogP contribution in [0, 0.1) is 0 Å². The van der Waals surface area contributed by atoms with E-state index in [1.54, 1.807) is 0 Å². The van der Waals surface area contributed by atoms with Gasteiger partial charge in [0.25, 0.3) is 0 Å². The fraction of sp³-hybridized carbons (Fsp3) is 0.909. The summed E-state index contributed by atoms with van der Waals surface area (Å²) in [5.41, 5.74) is 0. The van der Waals surface area contributed by atoms with Crippen molar-refractivity contribution in [1.29, 1.82) is 0 Å². The molecule has 0 fully saturated rings. The lowest BCUT2D eigenvalue weighted by atomic mass is 10.1. The van der Waals surface area contributed by atoms with Gasteiger partial charge >= 0.3 is 0 Å². The lowest BCUT2D eigenvalue weighted by Crippen LogP contribution is -2.37. The Kier molecular flexibility index (Phi) is 13.1. The highest BCUT2D eigenvalue weighted by Gasteiger charge is 2.22. The predicted molar refractivity (Wildman–Crippen MR) is 108 cm³/mol. The second-order valence-electron chi connectivity index (χ2n) is 7.71. The van der Waals surface area contributed by atoms with Crippen LogP contribution in [0.15, 0.2) is 12.4 Å². The maximum atomic E-state index is 2.59. The van der Waals surface area contributed by atoms with E-state index in [9.17, 15) is 0 Å². The summed E-state index contributed by atoms with van der Waals surface area (Å²) in [5, 5.41) is 0. The Bertz CT molecular complexity index is 300. The molecule has 2 nitrogen and oxygen atoms in total. The molecule has 1 aliphatic rings. The largest absolute Gasteiger partial charge is 0.359 e. The van der Waals surface area contributed by atoms with E-state index in [2.05, 4.69) is 43.1 Å². The molecule has 0 amide bonds. The van der Waals surface area contributed by atoms with Crippen LogP contribution in [0.5, 0.6) is 0 Å². The van der Waals surface area contributed by atoms with Crippen molar-refractivity contribution in [2.75, 3.05) is 13.6 Å². The van der Waals surface area contributed by atoms with Crippen LogP contribution in [-0.4, -0.2) is 29.6 Å². The van der Waals surface area contributed by atoms with Crippen LogP contribution in [0.4, 0.5) is 0 Å². The Morgan fingerprint density at radius 2 is 1.12 bits per heavy atom. The highest BCUT2D eigenvalue weighted by atomic mass is 15.4. The molecule has 0 saturated heterocycles. The number of rotatable bonds is 16. The van der Waals surface area contributed by atoms with Gasteiger partial charge in [0, 0.05) is 26.0 Å². The average molecular weight is 337 g/mol. The van der Waals surface area contributed by atoms with Gasteiger partial charge in [-0.15, -0.1) is 0 Å². The minimum Gasteiger partial charge on any atom is -0.359 e. The molecule has 0 bridgehead atoms. The van der Waals surface area contributed by atoms with Crippen molar-refractivity contribution >= 4 is 0 Å². The summed E-state index contributed by atoms with van der Waals surface area (Å²) in [6.07, 6.45) is 26.3. The molecule has 1 aliphatic heterocycles. The molecule has 142 valence electrons. The lowest BCUT2D eigenvalue weighted by Gasteiger charge is -2.30. The summed E-state index contributed by atoms with van der Waals surface area (Å²) in [5.74, 6) is 0. The molecular formula is C22H44N2. The first-order chi connectivity index (χ1) is 11.8. The summed E-state index contributed by atoms with van der Waals surface area (Å²) in [6, 6.07) is 0. The van der Waals surface area contributed by atoms with Crippen molar-refractivity contribution in [1.82, 2.24) is 9.80 Å². The third-order valence-corrected chi connectivity index (χ3v) is 5.43. The maximum Gasteiger partial charge on any atom is 0.100 e. The van der Waals surface area contributed by atoms with Crippen LogP contribution < -0.4 is 0 Å². The lowest BCUT2D eigenvalue weighted by molar-refractivity contribution is 0.159. The van der Waals surface area contributed by atoms with Crippen molar-refractivity contribution in [3.05, 3.63) is 12.4 Å². The third-order valence-electron chi connectivity index (χ3n) is 5.43. The molecule has 1 atom stereocenters. The van der Waals surface area contributed by atoms with Crippen molar-refractivity contribution in [3.63, 3.8) is 0 Å². The molecule has 0 aromatic carbocycles. The molecule has 0 aromatic heterocycles. The van der Waals surface area contributed by atoms with E-state index in [0.717, 1.165) is 0 Å². The Morgan fingerprint density at radius 3 is 1.71 bits per heavy atom. The minimum atomic E-state index is 0.626. The van der Waals surface area contributed by atoms with E-state index in [1.165, 1.54) is 103 Å². The normalized spacial score (nSPS) is 17.2. The number of hydrogen-bond acceptors (Lipinski definition) is 2. The Morgan fingerprint density at radius 1 is 0.625 bits per heavy atom. The van der Waals surface area contributed by atoms with Gasteiger partial charge in [0.05, 0.1) is 0 Å². The topological polar surface area (TPSA) is 6.48 Å². The highest BCUT2D eigenvalue weighted by Crippen LogP contribution is 2.21. The van der Waals surface area contributed by atoms with Gasteiger partial charge in [-0.1, -0.05) is 90.9 Å². The molecule has 1 rings (SSSR count). The summed E-state index contributed by atoms with van der Waals surface area (Å²) >= 11 is 0. The smallest absolute Gasteiger partial charge is 0.100 e. The van der Waals surface area contributed by atoms with Crippen LogP contribution in [0.1, 0.15) is 110 Å². The van der Waals surface area contributed by atoms with Gasteiger partial charge in [0.15, 0.2) is 0 Å². The van der Waals surface area contributed by atoms with E-state index in [1.807, 2.05) is 0 Å². The van der Waals surface area contributed by atoms with Crippen molar-refractivity contribution in [2.45, 2.75) is 116 Å². The fourth-order valence-electron chi connectivity index (χ4n) is 3.75. The minimum absolute atomic E-state index is 0.626. The van der Waals surface area contributed by atoms with Crippen LogP contribution in [0.3, 0.4) is 0 Å². The Hall–Kier alpha value is -0.660. The summed E-state index contributed by atoms with van der Waals surface area (Å²) in [7, 11) is 2.24. The van der Waals surface area contributed by atoms with Crippen molar-refractivity contribution in [2.24, 2.45) is 0 Å². The molecule has 1 heterocycles. The molecule has 0 N–H and O–H groups in total. The summed E-state index contributed by atoms with van der Waals surface area (Å²) in [4.78, 5) is 5.00. The Labute approximate surface area is 152 Å². The average Bonchev–Trinajstić information content (AvgIpc) is 2.93. The quantitative estimate of drug-likeness (QED) is 0.282. The molecular weight excluding hydrogens is 292 g/mol. The molecule has 0 saturated carbocycles. The maximum absolute atomic E-state index is 2.59. The highest BCUT2D eigenvalue weighted by molar-refractivity contribution is 4.95. The summed E-state index contributed by atoms with van der Waals surface area (Å²) in [6.45, 7) is 5.83. The Balaban J connectivity index is 2.05. The predicted octanol–water partition coefficient (Wildman–Crippen LogP) is 6.92. The second kappa shape index (κ2) is 14.7. The van der Waals surface area contributed by atoms with Crippen molar-refractivity contribution < 1.29 is 0 Å². The van der Waals surface area contributed by atoms with Gasteiger partial charge in [0.2, 0.25) is 0 Å². The van der Waals surface area contributed by atoms with Gasteiger partial charge in [-0.05, 0) is 19.3 Å². The zero-order valence-corrected chi connectivity index (χ0v) is 16.9. The van der Waals surface area contributed by atoms with Gasteiger partial charge < -0.3 is 9.80 Å². The van der Waals surface area contributed by atoms with Crippen LogP contribution in [-0.2, 0) is 0 Å². The molecule has 24 heavy (non-hydrogen) atoms. The number of hydrogen-bond donors (Lipinski definition) is 0. The number of unbranched alkanes of at least 4 members (excludes halogenated alkanes) is 12. The van der Waals surface area contributed by atoms with E-state index in [-0.39, 0.29) is 0 Å². The van der Waals surface area contributed by atoms with Crippen LogP contribution >= 0.6 is 0 Å². The van der Waals surface area contributed by atoms with Gasteiger partial charge in [-0.3, -0.25) is 0 Å². The standard InChI is InChI=1S/C22H44N2/c1-4-6-8-10-12-14-16-18-22-23(3)20-21-24(22)19-17-15-13-11-9-7-5-2/h20-22H,4-19H2,1-3H3. The molecule has 0 aromatic rings. The summed E-state index contributed by atoms with van der Waals surface area (Å²) < 4.78 is 0. The van der Waals surface area contributed by atoms with Gasteiger partial charge in [-0.2, -0.15) is 0 Å². The van der Waals surface area contributed by atoms with Crippen molar-refractivity contribution in [3.8, 4) is 0 Å². The first-order valence-electron chi connectivity index (χ1n) is 11.0. The zero-order valence-electron chi connectivity index (χ0n) is 16.9. The monoisotopic (exact) mass is 336 g/mol. The molecule has 2 heteroatoms. The molecule has 0 radical (unpaired) electrons. The van der Waals surface area contributed by atoms with Crippen LogP contribution in [0.25, 0.3) is 0 Å². The van der Waals surface area contributed by atoms with E-state index >= 15 is 0 Å². The van der Waals surface area contributed by atoms with Gasteiger partial charge in [-0.25, -0.2) is 0 Å². The first-order valence-corrected chi connectivity index (χ1v) is 11.0. The first kappa shape index (κ1) is 21.4. The number of nitrogens with zero attached hydrogens (tertiary/aromatic N) is 2. The molecule has 0 aliphatic carbocycles. The zero-order chi connectivity index (χ0) is 17.5. The third kappa shape index (κ3) is 9.59. The second-order valence-corrected chi connectivity index (χ2v) is 7.71. The van der Waals surface area contributed by atoms with E-state index in [4.69, 9.17) is 0 Å². The fourth-order valence-corrected chi connectivity index (χ4v) is 3.75. The van der Waals surface area contributed by atoms with E-state index in [0.29, 0.717) is 6.17 Å². The molecule has 1 unspecified atom stereocenters.